The van der Waals surface area contributed by atoms with Gasteiger partial charge in [-0.05, 0) is 42.4 Å². The van der Waals surface area contributed by atoms with Crippen LogP contribution in [0.2, 0.25) is 0 Å². The number of H-pyrrole nitrogens is 1. The molecule has 3 unspecified atom stereocenters. The molecule has 4 atom stereocenters. The van der Waals surface area contributed by atoms with E-state index in [1.54, 1.807) is 6.20 Å². The Morgan fingerprint density at radius 2 is 1.84 bits per heavy atom. The van der Waals surface area contributed by atoms with Gasteiger partial charge in [0.25, 0.3) is 5.91 Å². The van der Waals surface area contributed by atoms with Crippen molar-refractivity contribution in [1.29, 1.82) is 0 Å². The molecule has 3 aliphatic heterocycles. The lowest BCUT2D eigenvalue weighted by molar-refractivity contribution is -0.125. The van der Waals surface area contributed by atoms with Crippen molar-refractivity contribution in [3.8, 4) is 0 Å². The first-order chi connectivity index (χ1) is 15.7. The minimum atomic E-state index is -0.0319. The summed E-state index contributed by atoms with van der Waals surface area (Å²) in [6, 6.07) is 14.0. The van der Waals surface area contributed by atoms with Gasteiger partial charge in [0.05, 0.1) is 18.6 Å². The summed E-state index contributed by atoms with van der Waals surface area (Å²) in [7, 11) is 0. The van der Waals surface area contributed by atoms with Gasteiger partial charge in [0, 0.05) is 45.5 Å². The topological polar surface area (TPSA) is 77.7 Å². The zero-order valence-electron chi connectivity index (χ0n) is 18.4. The number of carbonyl (C=O) groups excluding carboxylic acids is 2. The number of benzene rings is 1. The molecule has 32 heavy (non-hydrogen) atoms. The second kappa shape index (κ2) is 9.46. The Morgan fingerprint density at radius 3 is 2.50 bits per heavy atom. The zero-order valence-corrected chi connectivity index (χ0v) is 18.4. The van der Waals surface area contributed by atoms with E-state index >= 15 is 0 Å². The molecule has 0 aliphatic carbocycles. The predicted molar refractivity (Wildman–Crippen MR) is 121 cm³/mol. The Hall–Kier alpha value is -2.64. The Kier molecular flexibility index (Phi) is 6.28. The number of ether oxygens (including phenoxy) is 1. The normalized spacial score (nSPS) is 26.2. The van der Waals surface area contributed by atoms with Crippen LogP contribution in [0.15, 0.2) is 48.7 Å². The molecule has 5 rings (SSSR count). The molecule has 2 amide bonds. The lowest BCUT2D eigenvalue weighted by atomic mass is 10.0. The van der Waals surface area contributed by atoms with E-state index < -0.39 is 0 Å². The van der Waals surface area contributed by atoms with Gasteiger partial charge in [-0.2, -0.15) is 0 Å². The van der Waals surface area contributed by atoms with Crippen LogP contribution in [0.4, 0.5) is 0 Å². The number of fused-ring (bicyclic) bond motifs is 1. The summed E-state index contributed by atoms with van der Waals surface area (Å²) in [5, 5.41) is 3.29. The molecule has 4 heterocycles. The van der Waals surface area contributed by atoms with E-state index in [9.17, 15) is 9.59 Å². The molecule has 170 valence electrons. The monoisotopic (exact) mass is 436 g/mol. The van der Waals surface area contributed by atoms with Crippen LogP contribution in [0.25, 0.3) is 0 Å². The number of nitrogens with one attached hydrogen (secondary N) is 2. The molecule has 2 N–H and O–H groups in total. The maximum atomic E-state index is 12.7. The van der Waals surface area contributed by atoms with Gasteiger partial charge in [-0.1, -0.05) is 30.3 Å². The highest BCUT2D eigenvalue weighted by atomic mass is 16.5. The minimum absolute atomic E-state index is 0.00990. The standard InChI is InChI=1S/C25H32N4O3/c30-24(19-9-12-32-17-19)27-22(18-5-2-1-3-6-18)8-11-28-13-20-15-29(16-21(20)14-28)25(31)23-7-4-10-26-23/h1-7,10,19-22,26H,8-9,11-17H2,(H,27,30)/t19?,20-,21?,22?/m0/s1. The average Bonchev–Trinajstić information content (AvgIpc) is 3.60. The van der Waals surface area contributed by atoms with Crippen LogP contribution in [-0.2, 0) is 9.53 Å². The minimum Gasteiger partial charge on any atom is -0.381 e. The van der Waals surface area contributed by atoms with Crippen LogP contribution in [0.1, 0.15) is 34.9 Å². The summed E-state index contributed by atoms with van der Waals surface area (Å²) < 4.78 is 5.40. The highest BCUT2D eigenvalue weighted by Gasteiger charge is 2.41. The number of rotatable bonds is 7. The van der Waals surface area contributed by atoms with E-state index in [4.69, 9.17) is 4.74 Å². The second-order valence-corrected chi connectivity index (χ2v) is 9.39. The molecular weight excluding hydrogens is 404 g/mol. The smallest absolute Gasteiger partial charge is 0.270 e. The van der Waals surface area contributed by atoms with E-state index in [-0.39, 0.29) is 23.8 Å². The summed E-state index contributed by atoms with van der Waals surface area (Å²) in [6.07, 6.45) is 3.49. The van der Waals surface area contributed by atoms with Crippen molar-refractivity contribution >= 4 is 11.8 Å². The summed E-state index contributed by atoms with van der Waals surface area (Å²) >= 11 is 0. The number of aromatic amines is 1. The Morgan fingerprint density at radius 1 is 1.06 bits per heavy atom. The van der Waals surface area contributed by atoms with E-state index in [2.05, 4.69) is 27.3 Å². The van der Waals surface area contributed by atoms with Crippen LogP contribution < -0.4 is 5.32 Å². The maximum Gasteiger partial charge on any atom is 0.270 e. The van der Waals surface area contributed by atoms with Gasteiger partial charge < -0.3 is 24.8 Å². The van der Waals surface area contributed by atoms with Crippen LogP contribution in [0.3, 0.4) is 0 Å². The van der Waals surface area contributed by atoms with Gasteiger partial charge in [0.2, 0.25) is 5.91 Å². The molecule has 7 nitrogen and oxygen atoms in total. The predicted octanol–water partition coefficient (Wildman–Crippen LogP) is 2.30. The van der Waals surface area contributed by atoms with Gasteiger partial charge >= 0.3 is 0 Å². The second-order valence-electron chi connectivity index (χ2n) is 9.39. The maximum absolute atomic E-state index is 12.7. The molecule has 0 saturated carbocycles. The average molecular weight is 437 g/mol. The molecule has 1 aromatic carbocycles. The zero-order chi connectivity index (χ0) is 21.9. The lowest BCUT2D eigenvalue weighted by Crippen LogP contribution is -2.37. The molecule has 3 fully saturated rings. The van der Waals surface area contributed by atoms with Gasteiger partial charge in [-0.25, -0.2) is 0 Å². The molecule has 0 radical (unpaired) electrons. The highest BCUT2D eigenvalue weighted by molar-refractivity contribution is 5.92. The van der Waals surface area contributed by atoms with Crippen molar-refractivity contribution in [1.82, 2.24) is 20.1 Å². The Labute approximate surface area is 189 Å². The first-order valence-corrected chi connectivity index (χ1v) is 11.8. The number of nitrogens with zero attached hydrogens (tertiary/aromatic N) is 2. The van der Waals surface area contributed by atoms with Gasteiger partial charge in [-0.15, -0.1) is 0 Å². The van der Waals surface area contributed by atoms with Crippen molar-refractivity contribution < 1.29 is 14.3 Å². The lowest BCUT2D eigenvalue weighted by Gasteiger charge is -2.25. The first kappa shape index (κ1) is 21.2. The van der Waals surface area contributed by atoms with E-state index in [1.165, 1.54) is 0 Å². The molecular formula is C25H32N4O3. The van der Waals surface area contributed by atoms with Crippen LogP contribution >= 0.6 is 0 Å². The van der Waals surface area contributed by atoms with Gasteiger partial charge in [0.1, 0.15) is 5.69 Å². The van der Waals surface area contributed by atoms with Crippen LogP contribution in [0.5, 0.6) is 0 Å². The van der Waals surface area contributed by atoms with Crippen molar-refractivity contribution in [3.63, 3.8) is 0 Å². The van der Waals surface area contributed by atoms with Crippen molar-refractivity contribution in [3.05, 3.63) is 59.9 Å². The summed E-state index contributed by atoms with van der Waals surface area (Å²) in [4.78, 5) is 32.9. The fourth-order valence-corrected chi connectivity index (χ4v) is 5.42. The Bertz CT molecular complexity index is 897. The molecule has 3 saturated heterocycles. The van der Waals surface area contributed by atoms with Crippen molar-refractivity contribution in [2.24, 2.45) is 17.8 Å². The molecule has 1 aromatic heterocycles. The summed E-state index contributed by atoms with van der Waals surface area (Å²) in [5.74, 6) is 1.26. The number of hydrogen-bond donors (Lipinski definition) is 2. The fraction of sp³-hybridized carbons (Fsp3) is 0.520. The number of carbonyl (C=O) groups is 2. The summed E-state index contributed by atoms with van der Waals surface area (Å²) in [6.45, 7) is 5.85. The van der Waals surface area contributed by atoms with Crippen molar-refractivity contribution in [2.75, 3.05) is 45.9 Å². The third kappa shape index (κ3) is 4.59. The van der Waals surface area contributed by atoms with Crippen LogP contribution in [0, 0.1) is 17.8 Å². The molecule has 0 spiro atoms. The number of hydrogen-bond acceptors (Lipinski definition) is 4. The van der Waals surface area contributed by atoms with Crippen LogP contribution in [-0.4, -0.2) is 72.5 Å². The number of aromatic nitrogens is 1. The van der Waals surface area contributed by atoms with Gasteiger partial charge in [-0.3, -0.25) is 9.59 Å². The SMILES string of the molecule is O=C(NC(CCN1CC2CN(C(=O)c3ccc[nH]3)C[C@@H]2C1)c1ccccc1)C1CCOC1. The number of likely N-dealkylation sites (tertiary alicyclic amines) is 2. The molecule has 0 bridgehead atoms. The molecule has 3 aliphatic rings. The van der Waals surface area contributed by atoms with E-state index in [1.807, 2.05) is 35.2 Å². The van der Waals surface area contributed by atoms with Gasteiger partial charge in [0.15, 0.2) is 0 Å². The third-order valence-electron chi connectivity index (χ3n) is 7.23. The summed E-state index contributed by atoms with van der Waals surface area (Å²) in [5.41, 5.74) is 1.83. The number of amides is 2. The molecule has 7 heteroatoms. The Balaban J connectivity index is 1.15. The highest BCUT2D eigenvalue weighted by Crippen LogP contribution is 2.32. The van der Waals surface area contributed by atoms with Crippen molar-refractivity contribution in [2.45, 2.75) is 18.9 Å². The first-order valence-electron chi connectivity index (χ1n) is 11.8. The quantitative estimate of drug-likeness (QED) is 0.698. The van der Waals surface area contributed by atoms with E-state index in [0.717, 1.165) is 51.1 Å². The largest absolute Gasteiger partial charge is 0.381 e. The fourth-order valence-electron chi connectivity index (χ4n) is 5.42. The molecule has 2 aromatic rings. The van der Waals surface area contributed by atoms with E-state index in [0.29, 0.717) is 30.7 Å². The third-order valence-corrected chi connectivity index (χ3v) is 7.23.